The van der Waals surface area contributed by atoms with E-state index >= 15 is 0 Å². The number of thioether (sulfide) groups is 1. The Morgan fingerprint density at radius 1 is 1.47 bits per heavy atom. The number of rotatable bonds is 1. The molecule has 88 valence electrons. The van der Waals surface area contributed by atoms with Crippen LogP contribution in [0.4, 0.5) is 0 Å². The molecular formula is C12H12N2O2S. The van der Waals surface area contributed by atoms with Crippen molar-refractivity contribution in [3.63, 3.8) is 0 Å². The fourth-order valence-corrected chi connectivity index (χ4v) is 3.87. The van der Waals surface area contributed by atoms with Gasteiger partial charge in [0.15, 0.2) is 0 Å². The largest absolute Gasteiger partial charge is 0.357 e. The SMILES string of the molecule is CNC(=O)[C@@H]1CS[C@@H]2c3ccccc3C(=O)N21. The first kappa shape index (κ1) is 10.7. The molecule has 4 nitrogen and oxygen atoms in total. The summed E-state index contributed by atoms with van der Waals surface area (Å²) >= 11 is 1.66. The number of likely N-dealkylation sites (N-methyl/N-ethyl adjacent to an activating group) is 1. The molecule has 0 aromatic heterocycles. The summed E-state index contributed by atoms with van der Waals surface area (Å²) < 4.78 is 0. The van der Waals surface area contributed by atoms with E-state index in [4.69, 9.17) is 0 Å². The van der Waals surface area contributed by atoms with Gasteiger partial charge in [-0.15, -0.1) is 11.8 Å². The molecule has 0 unspecified atom stereocenters. The summed E-state index contributed by atoms with van der Waals surface area (Å²) in [5.74, 6) is 0.565. The Morgan fingerprint density at radius 3 is 3.00 bits per heavy atom. The van der Waals surface area contributed by atoms with Gasteiger partial charge in [0.05, 0.1) is 0 Å². The van der Waals surface area contributed by atoms with E-state index in [-0.39, 0.29) is 23.2 Å². The number of nitrogens with zero attached hydrogens (tertiary/aromatic N) is 1. The van der Waals surface area contributed by atoms with Crippen molar-refractivity contribution in [1.29, 1.82) is 0 Å². The van der Waals surface area contributed by atoms with Gasteiger partial charge in [-0.3, -0.25) is 9.59 Å². The van der Waals surface area contributed by atoms with Gasteiger partial charge in [-0.05, 0) is 11.6 Å². The predicted octanol–water partition coefficient (Wildman–Crippen LogP) is 1.00. The van der Waals surface area contributed by atoms with Crippen LogP contribution in [0.2, 0.25) is 0 Å². The number of nitrogens with one attached hydrogen (secondary N) is 1. The molecule has 5 heteroatoms. The van der Waals surface area contributed by atoms with E-state index in [0.29, 0.717) is 5.75 Å². The summed E-state index contributed by atoms with van der Waals surface area (Å²) in [7, 11) is 1.61. The highest BCUT2D eigenvalue weighted by Gasteiger charge is 2.47. The third-order valence-electron chi connectivity index (χ3n) is 3.24. The Kier molecular flexibility index (Phi) is 2.36. The van der Waals surface area contributed by atoms with Crippen LogP contribution < -0.4 is 5.32 Å². The van der Waals surface area contributed by atoms with Crippen molar-refractivity contribution in [3.8, 4) is 0 Å². The standard InChI is InChI=1S/C12H12N2O2S/c1-13-10(15)9-6-17-12-8-5-3-2-4-7(8)11(16)14(9)12/h2-5,9,12H,6H2,1H3,(H,13,15)/t9-,12+/m0/s1. The topological polar surface area (TPSA) is 49.4 Å². The number of hydrogen-bond donors (Lipinski definition) is 1. The molecule has 1 fully saturated rings. The zero-order valence-corrected chi connectivity index (χ0v) is 10.2. The van der Waals surface area contributed by atoms with Crippen molar-refractivity contribution in [2.75, 3.05) is 12.8 Å². The molecule has 2 aliphatic heterocycles. The van der Waals surface area contributed by atoms with Gasteiger partial charge in [-0.25, -0.2) is 0 Å². The van der Waals surface area contributed by atoms with Crippen molar-refractivity contribution in [3.05, 3.63) is 35.4 Å². The van der Waals surface area contributed by atoms with Gasteiger partial charge in [0.2, 0.25) is 5.91 Å². The molecule has 2 atom stereocenters. The zero-order valence-electron chi connectivity index (χ0n) is 9.34. The number of carbonyl (C=O) groups excluding carboxylic acids is 2. The highest BCUT2D eigenvalue weighted by Crippen LogP contribution is 2.47. The molecule has 2 amide bonds. The van der Waals surface area contributed by atoms with Crippen LogP contribution in [-0.4, -0.2) is 35.6 Å². The number of benzene rings is 1. The van der Waals surface area contributed by atoms with Crippen LogP contribution in [0.15, 0.2) is 24.3 Å². The second-order valence-electron chi connectivity index (χ2n) is 4.12. The minimum atomic E-state index is -0.338. The number of fused-ring (bicyclic) bond motifs is 3. The molecule has 0 bridgehead atoms. The summed E-state index contributed by atoms with van der Waals surface area (Å²) in [6, 6.07) is 7.26. The highest BCUT2D eigenvalue weighted by atomic mass is 32.2. The van der Waals surface area contributed by atoms with Crippen LogP contribution in [0.25, 0.3) is 0 Å². The van der Waals surface area contributed by atoms with Gasteiger partial charge in [0.25, 0.3) is 5.91 Å². The molecule has 1 saturated heterocycles. The van der Waals surface area contributed by atoms with Crippen LogP contribution >= 0.6 is 11.8 Å². The Hall–Kier alpha value is -1.49. The fourth-order valence-electron chi connectivity index (χ4n) is 2.41. The second-order valence-corrected chi connectivity index (χ2v) is 5.23. The average Bonchev–Trinajstić information content (AvgIpc) is 2.91. The average molecular weight is 248 g/mol. The van der Waals surface area contributed by atoms with Crippen molar-refractivity contribution in [2.45, 2.75) is 11.4 Å². The van der Waals surface area contributed by atoms with Crippen LogP contribution in [0.3, 0.4) is 0 Å². The van der Waals surface area contributed by atoms with Gasteiger partial charge < -0.3 is 10.2 Å². The molecule has 1 aromatic carbocycles. The van der Waals surface area contributed by atoms with E-state index in [1.165, 1.54) is 0 Å². The molecule has 0 radical (unpaired) electrons. The highest BCUT2D eigenvalue weighted by molar-refractivity contribution is 7.99. The van der Waals surface area contributed by atoms with Gasteiger partial charge in [-0.1, -0.05) is 18.2 Å². The van der Waals surface area contributed by atoms with Crippen LogP contribution in [-0.2, 0) is 4.79 Å². The Morgan fingerprint density at radius 2 is 2.24 bits per heavy atom. The van der Waals surface area contributed by atoms with E-state index in [9.17, 15) is 9.59 Å². The molecule has 0 spiro atoms. The van der Waals surface area contributed by atoms with E-state index in [2.05, 4.69) is 5.32 Å². The first-order valence-electron chi connectivity index (χ1n) is 5.49. The molecule has 1 N–H and O–H groups in total. The monoisotopic (exact) mass is 248 g/mol. The maximum Gasteiger partial charge on any atom is 0.256 e. The Balaban J connectivity index is 2.01. The summed E-state index contributed by atoms with van der Waals surface area (Å²) in [5.41, 5.74) is 1.77. The zero-order chi connectivity index (χ0) is 12.0. The lowest BCUT2D eigenvalue weighted by Crippen LogP contribution is -2.44. The van der Waals surface area contributed by atoms with Gasteiger partial charge in [0.1, 0.15) is 11.4 Å². The lowest BCUT2D eigenvalue weighted by Gasteiger charge is -2.21. The minimum Gasteiger partial charge on any atom is -0.357 e. The third-order valence-corrected chi connectivity index (χ3v) is 4.55. The molecule has 2 aliphatic rings. The maximum atomic E-state index is 12.2. The summed E-state index contributed by atoms with van der Waals surface area (Å²) in [4.78, 5) is 25.7. The van der Waals surface area contributed by atoms with E-state index in [0.717, 1.165) is 11.1 Å². The quantitative estimate of drug-likeness (QED) is 0.806. The summed E-state index contributed by atoms with van der Waals surface area (Å²) in [6.45, 7) is 0. The van der Waals surface area contributed by atoms with Crippen molar-refractivity contribution in [2.24, 2.45) is 0 Å². The normalized spacial score (nSPS) is 25.7. The molecular weight excluding hydrogens is 236 g/mol. The first-order chi connectivity index (χ1) is 8.24. The first-order valence-corrected chi connectivity index (χ1v) is 6.53. The Labute approximate surface area is 103 Å². The van der Waals surface area contributed by atoms with Crippen LogP contribution in [0, 0.1) is 0 Å². The molecule has 0 aliphatic carbocycles. The van der Waals surface area contributed by atoms with Crippen molar-refractivity contribution >= 4 is 23.6 Å². The number of hydrogen-bond acceptors (Lipinski definition) is 3. The lowest BCUT2D eigenvalue weighted by molar-refractivity contribution is -0.124. The Bertz CT molecular complexity index is 503. The minimum absolute atomic E-state index is 0.0148. The third kappa shape index (κ3) is 1.38. The molecule has 2 heterocycles. The summed E-state index contributed by atoms with van der Waals surface area (Å²) in [5, 5.41) is 2.64. The lowest BCUT2D eigenvalue weighted by atomic mass is 10.1. The molecule has 0 saturated carbocycles. The fraction of sp³-hybridized carbons (Fsp3) is 0.333. The van der Waals surface area contributed by atoms with Crippen LogP contribution in [0.1, 0.15) is 21.3 Å². The number of carbonyl (C=O) groups is 2. The van der Waals surface area contributed by atoms with Crippen molar-refractivity contribution in [1.82, 2.24) is 10.2 Å². The number of amides is 2. The van der Waals surface area contributed by atoms with E-state index < -0.39 is 0 Å². The summed E-state index contributed by atoms with van der Waals surface area (Å²) in [6.07, 6.45) is 0. The van der Waals surface area contributed by atoms with E-state index in [1.807, 2.05) is 24.3 Å². The second kappa shape index (κ2) is 3.77. The molecule has 3 rings (SSSR count). The van der Waals surface area contributed by atoms with Gasteiger partial charge in [-0.2, -0.15) is 0 Å². The van der Waals surface area contributed by atoms with Crippen LogP contribution in [0.5, 0.6) is 0 Å². The van der Waals surface area contributed by atoms with E-state index in [1.54, 1.807) is 23.7 Å². The smallest absolute Gasteiger partial charge is 0.256 e. The molecule has 1 aromatic rings. The predicted molar refractivity (Wildman–Crippen MR) is 65.7 cm³/mol. The van der Waals surface area contributed by atoms with Crippen molar-refractivity contribution < 1.29 is 9.59 Å². The van der Waals surface area contributed by atoms with Gasteiger partial charge in [0, 0.05) is 18.4 Å². The maximum absolute atomic E-state index is 12.2. The molecule has 17 heavy (non-hydrogen) atoms. The van der Waals surface area contributed by atoms with Gasteiger partial charge >= 0.3 is 0 Å².